The van der Waals surface area contributed by atoms with Crippen LogP contribution in [-0.4, -0.2) is 0 Å². The molecule has 0 bridgehead atoms. The normalized spacial score (nSPS) is 12.4. The summed E-state index contributed by atoms with van der Waals surface area (Å²) in [6.45, 7) is 56.0. The molecule has 133 heavy (non-hydrogen) atoms. The minimum atomic E-state index is 1.01. The molecule has 0 fully saturated rings. The van der Waals surface area contributed by atoms with Crippen LogP contribution in [0.5, 0.6) is 0 Å². The quantitative estimate of drug-likeness (QED) is 0.150. The van der Waals surface area contributed by atoms with Crippen molar-refractivity contribution in [2.24, 2.45) is 0 Å². The molecule has 0 radical (unpaired) electrons. The SMILES string of the molecule is CC.CC.CC.CC.CC.CC.CC.CC.CC.CC.CC.CC.CC.CC.c1ccc2c(c1)Cc1c-2ccc2c1Cc1cccc3c1N2c1ccc2c(c1C3)-c1ccccc1C2.c1ccc2c(c1)Cc1c-2ccc2c1Cc1cccc3c1N2c1ccc2c(c1C3)Cc1ccccc1-2.c1ccc2c(c1)Cc1cc3c(cc1-2)N1c2ccc4c(c2Cc2cccc(c21)C3)Cc1ccccc1-4. The second-order valence-electron chi connectivity index (χ2n) is 31.4. The number of benzene rings is 15. The van der Waals surface area contributed by atoms with Crippen LogP contribution in [0.15, 0.2) is 273 Å². The maximum Gasteiger partial charge on any atom is 0.0532 e. The van der Waals surface area contributed by atoms with Gasteiger partial charge in [-0.25, -0.2) is 0 Å². The van der Waals surface area contributed by atoms with E-state index in [-0.39, 0.29) is 0 Å². The van der Waals surface area contributed by atoms with Gasteiger partial charge in [0.05, 0.1) is 51.2 Å². The van der Waals surface area contributed by atoms with Gasteiger partial charge in [0.25, 0.3) is 0 Å². The first kappa shape index (κ1) is 101. The molecule has 0 amide bonds. The van der Waals surface area contributed by atoms with Crippen LogP contribution in [0.4, 0.5) is 51.2 Å². The third kappa shape index (κ3) is 17.9. The van der Waals surface area contributed by atoms with Gasteiger partial charge in [0.15, 0.2) is 0 Å². The van der Waals surface area contributed by atoms with Crippen molar-refractivity contribution >= 4 is 51.2 Å². The molecule has 0 atom stereocenters. The highest BCUT2D eigenvalue weighted by atomic mass is 15.2. The Morgan fingerprint density at radius 3 is 0.654 bits per heavy atom. The molecule has 3 heteroatoms. The van der Waals surface area contributed by atoms with Crippen molar-refractivity contribution in [1.29, 1.82) is 0 Å². The molecule has 0 unspecified atom stereocenters. The van der Waals surface area contributed by atoms with Gasteiger partial charge in [-0.3, -0.25) is 0 Å². The van der Waals surface area contributed by atoms with Gasteiger partial charge in [0.1, 0.15) is 0 Å². The number of fused-ring (bicyclic) bond motifs is 35. The van der Waals surface area contributed by atoms with E-state index in [1.807, 2.05) is 194 Å². The Morgan fingerprint density at radius 2 is 0.338 bits per heavy atom. The van der Waals surface area contributed by atoms with Gasteiger partial charge in [-0.2, -0.15) is 0 Å². The molecule has 0 saturated carbocycles. The van der Waals surface area contributed by atoms with Crippen LogP contribution in [0.1, 0.15) is 327 Å². The second-order valence-corrected chi connectivity index (χ2v) is 31.4. The fourth-order valence-corrected chi connectivity index (χ4v) is 21.9. The van der Waals surface area contributed by atoms with Gasteiger partial charge >= 0.3 is 0 Å². The lowest BCUT2D eigenvalue weighted by Crippen LogP contribution is -2.26. The maximum atomic E-state index is 2.61. The Labute approximate surface area is 804 Å². The molecule has 6 heterocycles. The molecule has 15 aromatic carbocycles. The summed E-state index contributed by atoms with van der Waals surface area (Å²) < 4.78 is 0. The summed E-state index contributed by atoms with van der Waals surface area (Å²) in [5, 5.41) is 0. The van der Waals surface area contributed by atoms with Crippen molar-refractivity contribution in [3.8, 4) is 66.8 Å². The molecular formula is C130H153N3. The maximum absolute atomic E-state index is 2.61. The van der Waals surface area contributed by atoms with E-state index in [1.54, 1.807) is 0 Å². The Kier molecular flexibility index (Phi) is 36.1. The lowest BCUT2D eigenvalue weighted by Gasteiger charge is -2.40. The fraction of sp³-hybridized carbons (Fsp3) is 0.308. The highest BCUT2D eigenvalue weighted by molar-refractivity contribution is 6.00. The van der Waals surface area contributed by atoms with Gasteiger partial charge in [-0.15, -0.1) is 0 Å². The standard InChI is InChI=1S/3C34H23N.14C2H6/c1-4-11-27-20(6-1)14-24-16-25-15-22-8-5-9-23-18-31-30-17-21-7-2-3-10-26(21)28(30)12-13-32(31)35(34(22)23)33(25)19-29(24)27;1-3-10-25-21(7-1)17-28-27(25)13-15-31-29(28)18-23-8-5-9-24-19-30-32(35(31)34(23)24)14-12-22-16-20-6-2-4-11-26(20)33(22)30;1-3-10-24-20(6-1)16-28-26(24)12-14-32-30(28)18-22-8-5-9-23-19-31-29-17-21-7-2-4-11-25(21)27(29)13-15-33(31)35(32)34(22)23;14*1-2/h1-13,16,19H,14-15,17-18H2;2*1-15H,16-19H2;14*1-2H3. The summed E-state index contributed by atoms with van der Waals surface area (Å²) in [5.41, 5.74) is 65.3. The average Bonchev–Trinajstić information content (AvgIpc) is 1.68. The summed E-state index contributed by atoms with van der Waals surface area (Å²) in [4.78, 5) is 7.81. The molecule has 27 rings (SSSR count). The van der Waals surface area contributed by atoms with E-state index in [1.165, 1.54) is 251 Å². The van der Waals surface area contributed by atoms with E-state index in [0.29, 0.717) is 0 Å². The first-order valence-electron chi connectivity index (χ1n) is 52.2. The number of anilines is 9. The summed E-state index contributed by atoms with van der Waals surface area (Å²) in [5.74, 6) is 0. The number of rotatable bonds is 0. The average molecular weight is 1760 g/mol. The van der Waals surface area contributed by atoms with Crippen molar-refractivity contribution in [3.63, 3.8) is 0 Å². The van der Waals surface area contributed by atoms with E-state index in [0.717, 1.165) is 77.0 Å². The molecule has 3 nitrogen and oxygen atoms in total. The highest BCUT2D eigenvalue weighted by Crippen LogP contribution is 2.61. The minimum Gasteiger partial charge on any atom is -0.309 e. The summed E-state index contributed by atoms with van der Waals surface area (Å²) in [7, 11) is 0. The van der Waals surface area contributed by atoms with Gasteiger partial charge in [-0.1, -0.05) is 430 Å². The van der Waals surface area contributed by atoms with Gasteiger partial charge in [0, 0.05) is 38.5 Å². The molecule has 6 aliphatic carbocycles. The van der Waals surface area contributed by atoms with Gasteiger partial charge < -0.3 is 14.7 Å². The van der Waals surface area contributed by atoms with Crippen LogP contribution in [0, 0.1) is 0 Å². The number of para-hydroxylation sites is 3. The van der Waals surface area contributed by atoms with Crippen LogP contribution in [0.3, 0.4) is 0 Å². The largest absolute Gasteiger partial charge is 0.309 e. The second kappa shape index (κ2) is 47.4. The lowest BCUT2D eigenvalue weighted by atomic mass is 9.82. The first-order valence-corrected chi connectivity index (χ1v) is 52.2. The van der Waals surface area contributed by atoms with Crippen LogP contribution < -0.4 is 14.7 Å². The van der Waals surface area contributed by atoms with Crippen LogP contribution in [0.2, 0.25) is 0 Å². The Hall–Kier alpha value is -12.3. The van der Waals surface area contributed by atoms with Crippen molar-refractivity contribution < 1.29 is 0 Å². The monoisotopic (exact) mass is 1760 g/mol. The van der Waals surface area contributed by atoms with Crippen LogP contribution in [0.25, 0.3) is 66.8 Å². The fourth-order valence-electron chi connectivity index (χ4n) is 21.9. The zero-order valence-electron chi connectivity index (χ0n) is 86.3. The topological polar surface area (TPSA) is 9.72 Å². The third-order valence-corrected chi connectivity index (χ3v) is 26.3. The summed E-state index contributed by atoms with van der Waals surface area (Å²) in [6, 6.07) is 103. The van der Waals surface area contributed by atoms with Crippen molar-refractivity contribution in [3.05, 3.63) is 407 Å². The van der Waals surface area contributed by atoms with E-state index in [9.17, 15) is 0 Å². The lowest BCUT2D eigenvalue weighted by molar-refractivity contribution is 0.986. The van der Waals surface area contributed by atoms with Gasteiger partial charge in [0.2, 0.25) is 0 Å². The van der Waals surface area contributed by atoms with Crippen LogP contribution >= 0.6 is 0 Å². The first-order chi connectivity index (χ1) is 66.0. The molecule has 12 aliphatic rings. The number of hydrogen-bond acceptors (Lipinski definition) is 3. The smallest absolute Gasteiger partial charge is 0.0532 e. The zero-order valence-corrected chi connectivity index (χ0v) is 86.3. The number of hydrogen-bond donors (Lipinski definition) is 0. The minimum absolute atomic E-state index is 1.01. The van der Waals surface area contributed by atoms with Gasteiger partial charge in [-0.05, 0) is 275 Å². The van der Waals surface area contributed by atoms with E-state index >= 15 is 0 Å². The van der Waals surface area contributed by atoms with Crippen molar-refractivity contribution in [2.75, 3.05) is 14.7 Å². The molecule has 0 aromatic heterocycles. The van der Waals surface area contributed by atoms with Crippen molar-refractivity contribution in [2.45, 2.75) is 271 Å². The highest BCUT2D eigenvalue weighted by Gasteiger charge is 2.41. The predicted octanol–water partition coefficient (Wildman–Crippen LogP) is 38.7. The Morgan fingerprint density at radius 1 is 0.128 bits per heavy atom. The van der Waals surface area contributed by atoms with Crippen molar-refractivity contribution in [1.82, 2.24) is 0 Å². The molecule has 6 aliphatic heterocycles. The molecule has 0 spiro atoms. The zero-order chi connectivity index (χ0) is 96.0. The summed E-state index contributed by atoms with van der Waals surface area (Å²) in [6.07, 6.45) is 12.4. The molecule has 688 valence electrons. The van der Waals surface area contributed by atoms with E-state index in [2.05, 4.69) is 288 Å². The molecule has 15 aromatic rings. The third-order valence-electron chi connectivity index (χ3n) is 26.3. The van der Waals surface area contributed by atoms with Crippen LogP contribution in [-0.2, 0) is 77.0 Å². The molecule has 0 N–H and O–H groups in total. The molecule has 0 saturated heterocycles. The predicted molar refractivity (Wildman–Crippen MR) is 589 cm³/mol. The molecular weight excluding hydrogens is 1600 g/mol. The number of nitrogens with zero attached hydrogens (tertiary/aromatic N) is 3. The van der Waals surface area contributed by atoms with E-state index in [4.69, 9.17) is 0 Å². The Bertz CT molecular complexity index is 6260. The van der Waals surface area contributed by atoms with E-state index < -0.39 is 0 Å². The Balaban J connectivity index is 0.000000170. The summed E-state index contributed by atoms with van der Waals surface area (Å²) >= 11 is 0.